The summed E-state index contributed by atoms with van der Waals surface area (Å²) in [6.45, 7) is 2.50. The predicted molar refractivity (Wildman–Crippen MR) is 67.1 cm³/mol. The Bertz CT molecular complexity index is 377. The summed E-state index contributed by atoms with van der Waals surface area (Å²) in [5.74, 6) is 0.864. The fourth-order valence-electron chi connectivity index (χ4n) is 2.05. The second-order valence-corrected chi connectivity index (χ2v) is 5.01. The molecule has 0 radical (unpaired) electrons. The molecule has 1 aromatic rings. The lowest BCUT2D eigenvalue weighted by atomic mass is 9.78. The molecule has 1 N–H and O–H groups in total. The van der Waals surface area contributed by atoms with Crippen molar-refractivity contribution in [3.05, 3.63) is 28.2 Å². The van der Waals surface area contributed by atoms with Crippen molar-refractivity contribution in [1.82, 2.24) is 5.32 Å². The maximum atomic E-state index is 5.36. The summed E-state index contributed by atoms with van der Waals surface area (Å²) in [4.78, 5) is 0. The van der Waals surface area contributed by atoms with Crippen LogP contribution in [0, 0.1) is 0 Å². The second kappa shape index (κ2) is 4.73. The molecule has 88 valence electrons. The summed E-state index contributed by atoms with van der Waals surface area (Å²) in [6.07, 6.45) is 0. The third kappa shape index (κ3) is 1.97. The van der Waals surface area contributed by atoms with Crippen molar-refractivity contribution >= 4 is 15.9 Å². The van der Waals surface area contributed by atoms with E-state index in [9.17, 15) is 0 Å². The number of halogens is 1. The Labute approximate surface area is 104 Å². The van der Waals surface area contributed by atoms with Gasteiger partial charge in [0.1, 0.15) is 5.75 Å². The molecule has 0 aliphatic carbocycles. The Morgan fingerprint density at radius 1 is 1.50 bits per heavy atom. The molecule has 0 amide bonds. The van der Waals surface area contributed by atoms with E-state index < -0.39 is 0 Å². The molecule has 0 bridgehead atoms. The van der Waals surface area contributed by atoms with Crippen molar-refractivity contribution in [3.63, 3.8) is 0 Å². The highest BCUT2D eigenvalue weighted by Crippen LogP contribution is 2.36. The summed E-state index contributed by atoms with van der Waals surface area (Å²) in [7, 11) is 3.65. The van der Waals surface area contributed by atoms with Crippen LogP contribution in [-0.4, -0.2) is 33.9 Å². The van der Waals surface area contributed by atoms with Crippen LogP contribution in [0.2, 0.25) is 0 Å². The van der Waals surface area contributed by atoms with Crippen molar-refractivity contribution in [2.24, 2.45) is 0 Å². The minimum Gasteiger partial charge on any atom is -0.496 e. The molecule has 0 spiro atoms. The average molecular weight is 286 g/mol. The van der Waals surface area contributed by atoms with Crippen LogP contribution in [0.5, 0.6) is 5.75 Å². The van der Waals surface area contributed by atoms with E-state index in [1.807, 2.05) is 13.1 Å². The van der Waals surface area contributed by atoms with Gasteiger partial charge in [-0.2, -0.15) is 0 Å². The van der Waals surface area contributed by atoms with Gasteiger partial charge in [-0.25, -0.2) is 0 Å². The lowest BCUT2D eigenvalue weighted by Gasteiger charge is -2.42. The molecule has 1 aliphatic rings. The van der Waals surface area contributed by atoms with Gasteiger partial charge >= 0.3 is 0 Å². The first-order valence-electron chi connectivity index (χ1n) is 5.28. The lowest BCUT2D eigenvalue weighted by molar-refractivity contribution is -0.0582. The van der Waals surface area contributed by atoms with Crippen LogP contribution < -0.4 is 10.1 Å². The molecule has 0 aromatic heterocycles. The van der Waals surface area contributed by atoms with E-state index in [1.165, 1.54) is 5.56 Å². The van der Waals surface area contributed by atoms with Crippen LogP contribution in [-0.2, 0) is 10.2 Å². The average Bonchev–Trinajstić information content (AvgIpc) is 2.23. The molecule has 1 heterocycles. The van der Waals surface area contributed by atoms with Gasteiger partial charge in [0, 0.05) is 6.54 Å². The first kappa shape index (κ1) is 11.9. The van der Waals surface area contributed by atoms with Crippen molar-refractivity contribution in [3.8, 4) is 5.75 Å². The third-order valence-corrected chi connectivity index (χ3v) is 3.66. The largest absolute Gasteiger partial charge is 0.496 e. The number of hydrogen-bond donors (Lipinski definition) is 1. The maximum Gasteiger partial charge on any atom is 0.133 e. The monoisotopic (exact) mass is 285 g/mol. The molecule has 0 saturated carbocycles. The molecule has 4 heteroatoms. The minimum absolute atomic E-state index is 0.129. The van der Waals surface area contributed by atoms with Crippen molar-refractivity contribution in [1.29, 1.82) is 0 Å². The zero-order valence-corrected chi connectivity index (χ0v) is 11.1. The topological polar surface area (TPSA) is 30.5 Å². The Kier molecular flexibility index (Phi) is 3.52. The van der Waals surface area contributed by atoms with E-state index >= 15 is 0 Å². The van der Waals surface area contributed by atoms with Crippen LogP contribution in [0.3, 0.4) is 0 Å². The van der Waals surface area contributed by atoms with Crippen LogP contribution in [0.4, 0.5) is 0 Å². The molecule has 1 aromatic carbocycles. The fraction of sp³-hybridized carbons (Fsp3) is 0.500. The van der Waals surface area contributed by atoms with Gasteiger partial charge in [-0.1, -0.05) is 6.07 Å². The molecule has 16 heavy (non-hydrogen) atoms. The molecular formula is C12H16BrNO2. The van der Waals surface area contributed by atoms with E-state index in [2.05, 4.69) is 33.4 Å². The number of nitrogens with one attached hydrogen (secondary N) is 1. The Hall–Kier alpha value is -0.580. The molecule has 0 atom stereocenters. The molecule has 3 nitrogen and oxygen atoms in total. The number of hydrogen-bond acceptors (Lipinski definition) is 3. The van der Waals surface area contributed by atoms with Gasteiger partial charge < -0.3 is 14.8 Å². The Balaban J connectivity index is 2.29. The van der Waals surface area contributed by atoms with Crippen molar-refractivity contribution in [2.45, 2.75) is 5.41 Å². The molecule has 1 aliphatic heterocycles. The number of ether oxygens (including phenoxy) is 2. The van der Waals surface area contributed by atoms with Gasteiger partial charge in [-0.05, 0) is 40.7 Å². The molecule has 1 saturated heterocycles. The number of likely N-dealkylation sites (N-methyl/N-ethyl adjacent to an activating group) is 1. The summed E-state index contributed by atoms with van der Waals surface area (Å²) < 4.78 is 11.6. The first-order chi connectivity index (χ1) is 7.72. The van der Waals surface area contributed by atoms with Gasteiger partial charge in [-0.15, -0.1) is 0 Å². The Morgan fingerprint density at radius 2 is 2.25 bits per heavy atom. The molecular weight excluding hydrogens is 270 g/mol. The minimum atomic E-state index is 0.129. The Morgan fingerprint density at radius 3 is 2.69 bits per heavy atom. The number of benzene rings is 1. The zero-order valence-electron chi connectivity index (χ0n) is 9.55. The smallest absolute Gasteiger partial charge is 0.133 e. The molecule has 2 rings (SSSR count). The summed E-state index contributed by atoms with van der Waals surface area (Å²) >= 11 is 3.52. The zero-order chi connectivity index (χ0) is 11.6. The number of rotatable bonds is 4. The molecule has 1 fully saturated rings. The maximum absolute atomic E-state index is 5.36. The van der Waals surface area contributed by atoms with Crippen molar-refractivity contribution < 1.29 is 9.47 Å². The standard InChI is InChI=1S/C12H16BrNO2/c1-14-6-12(7-16-8-12)9-3-4-11(15-2)10(13)5-9/h3-5,14H,6-8H2,1-2H3. The van der Waals surface area contributed by atoms with Crippen molar-refractivity contribution in [2.75, 3.05) is 33.9 Å². The van der Waals surface area contributed by atoms with Crippen LogP contribution >= 0.6 is 15.9 Å². The lowest BCUT2D eigenvalue weighted by Crippen LogP contribution is -2.52. The predicted octanol–water partition coefficient (Wildman–Crippen LogP) is 1.95. The second-order valence-electron chi connectivity index (χ2n) is 4.15. The SMILES string of the molecule is CNCC1(c2ccc(OC)c(Br)c2)COC1. The van der Waals surface area contributed by atoms with E-state index in [-0.39, 0.29) is 5.41 Å². The highest BCUT2D eigenvalue weighted by atomic mass is 79.9. The molecule has 0 unspecified atom stereocenters. The van der Waals surface area contributed by atoms with Crippen LogP contribution in [0.15, 0.2) is 22.7 Å². The van der Waals surface area contributed by atoms with Gasteiger partial charge in [0.15, 0.2) is 0 Å². The van der Waals surface area contributed by atoms with Crippen LogP contribution in [0.25, 0.3) is 0 Å². The summed E-state index contributed by atoms with van der Waals surface area (Å²) in [5.41, 5.74) is 1.42. The van der Waals surface area contributed by atoms with E-state index in [1.54, 1.807) is 7.11 Å². The van der Waals surface area contributed by atoms with Gasteiger partial charge in [0.05, 0.1) is 30.2 Å². The normalized spacial score (nSPS) is 17.9. The van der Waals surface area contributed by atoms with E-state index in [0.717, 1.165) is 30.0 Å². The van der Waals surface area contributed by atoms with Gasteiger partial charge in [0.25, 0.3) is 0 Å². The highest BCUT2D eigenvalue weighted by molar-refractivity contribution is 9.10. The van der Waals surface area contributed by atoms with E-state index in [0.29, 0.717) is 0 Å². The first-order valence-corrected chi connectivity index (χ1v) is 6.07. The highest BCUT2D eigenvalue weighted by Gasteiger charge is 2.39. The summed E-state index contributed by atoms with van der Waals surface area (Å²) in [5, 5.41) is 3.23. The quantitative estimate of drug-likeness (QED) is 0.917. The third-order valence-electron chi connectivity index (χ3n) is 3.04. The van der Waals surface area contributed by atoms with E-state index in [4.69, 9.17) is 9.47 Å². The van der Waals surface area contributed by atoms with Gasteiger partial charge in [-0.3, -0.25) is 0 Å². The van der Waals surface area contributed by atoms with Crippen LogP contribution in [0.1, 0.15) is 5.56 Å². The fourth-order valence-corrected chi connectivity index (χ4v) is 2.59. The summed E-state index contributed by atoms with van der Waals surface area (Å²) in [6, 6.07) is 6.23. The number of methoxy groups -OCH3 is 1. The van der Waals surface area contributed by atoms with Gasteiger partial charge in [0.2, 0.25) is 0 Å².